The van der Waals surface area contributed by atoms with Gasteiger partial charge in [-0.2, -0.15) is 0 Å². The molecule has 1 heterocycles. The second kappa shape index (κ2) is 4.10. The van der Waals surface area contributed by atoms with E-state index in [1.54, 1.807) is 5.38 Å². The highest BCUT2D eigenvalue weighted by Gasteiger charge is 2.09. The number of carbonyl (C=O) groups excluding carboxylic acids is 1. The second-order valence-electron chi connectivity index (χ2n) is 2.89. The van der Waals surface area contributed by atoms with Crippen molar-refractivity contribution in [3.8, 4) is 0 Å². The highest BCUT2D eigenvalue weighted by molar-refractivity contribution is 7.13. The van der Waals surface area contributed by atoms with E-state index in [4.69, 9.17) is 5.73 Å². The number of para-hydroxylation sites is 1. The van der Waals surface area contributed by atoms with Gasteiger partial charge in [-0.15, -0.1) is 11.3 Å². The minimum absolute atomic E-state index is 0.242. The molecule has 1 amide bonds. The summed E-state index contributed by atoms with van der Waals surface area (Å²) in [6.07, 6.45) is 0. The fourth-order valence-corrected chi connectivity index (χ4v) is 1.65. The van der Waals surface area contributed by atoms with E-state index in [1.807, 2.05) is 30.3 Å². The maximum absolute atomic E-state index is 11.6. The van der Waals surface area contributed by atoms with Gasteiger partial charge in [0.05, 0.1) is 0 Å². The zero-order valence-electron chi connectivity index (χ0n) is 7.81. The molecule has 0 atom stereocenters. The quantitative estimate of drug-likeness (QED) is 0.811. The zero-order valence-corrected chi connectivity index (χ0v) is 8.62. The highest BCUT2D eigenvalue weighted by atomic mass is 32.1. The molecule has 0 aliphatic heterocycles. The maximum Gasteiger partial charge on any atom is 0.275 e. The number of hydrogen-bond donors (Lipinski definition) is 2. The Morgan fingerprint density at radius 2 is 2.07 bits per heavy atom. The van der Waals surface area contributed by atoms with Gasteiger partial charge in [0, 0.05) is 11.1 Å². The van der Waals surface area contributed by atoms with Gasteiger partial charge in [-0.25, -0.2) is 4.98 Å². The van der Waals surface area contributed by atoms with Crippen LogP contribution >= 0.6 is 11.3 Å². The van der Waals surface area contributed by atoms with E-state index in [0.717, 1.165) is 5.69 Å². The van der Waals surface area contributed by atoms with Crippen LogP contribution in [0, 0.1) is 0 Å². The molecular formula is C10H9N3OS. The van der Waals surface area contributed by atoms with E-state index >= 15 is 0 Å². The first-order chi connectivity index (χ1) is 7.25. The highest BCUT2D eigenvalue weighted by Crippen LogP contribution is 2.13. The number of hydrogen-bond acceptors (Lipinski definition) is 4. The molecule has 3 N–H and O–H groups in total. The van der Waals surface area contributed by atoms with Gasteiger partial charge in [0.2, 0.25) is 0 Å². The van der Waals surface area contributed by atoms with Crippen molar-refractivity contribution in [2.24, 2.45) is 0 Å². The molecular weight excluding hydrogens is 210 g/mol. The molecule has 0 aliphatic rings. The number of nitrogens with one attached hydrogen (secondary N) is 1. The molecule has 0 fully saturated rings. The minimum atomic E-state index is -0.242. The van der Waals surface area contributed by atoms with E-state index in [2.05, 4.69) is 10.3 Å². The van der Waals surface area contributed by atoms with Crippen molar-refractivity contribution < 1.29 is 4.79 Å². The van der Waals surface area contributed by atoms with Gasteiger partial charge in [0.15, 0.2) is 5.13 Å². The molecule has 5 heteroatoms. The molecule has 0 saturated carbocycles. The number of nitrogens with zero attached hydrogens (tertiary/aromatic N) is 1. The SMILES string of the molecule is Nc1nc(C(=O)Nc2ccccc2)cs1. The van der Waals surface area contributed by atoms with Crippen molar-refractivity contribution in [2.75, 3.05) is 11.1 Å². The van der Waals surface area contributed by atoms with Crippen LogP contribution in [0.15, 0.2) is 35.7 Å². The number of nitrogen functional groups attached to an aromatic ring is 1. The van der Waals surface area contributed by atoms with Crippen molar-refractivity contribution in [3.05, 3.63) is 41.4 Å². The van der Waals surface area contributed by atoms with Gasteiger partial charge in [-0.1, -0.05) is 18.2 Å². The monoisotopic (exact) mass is 219 g/mol. The number of thiazole rings is 1. The predicted molar refractivity (Wildman–Crippen MR) is 60.9 cm³/mol. The largest absolute Gasteiger partial charge is 0.375 e. The Morgan fingerprint density at radius 1 is 1.33 bits per heavy atom. The number of carbonyl (C=O) groups is 1. The number of aromatic nitrogens is 1. The molecule has 4 nitrogen and oxygen atoms in total. The van der Waals surface area contributed by atoms with E-state index < -0.39 is 0 Å². The third-order valence-electron chi connectivity index (χ3n) is 1.79. The Morgan fingerprint density at radius 3 is 2.67 bits per heavy atom. The Labute approximate surface area is 90.8 Å². The van der Waals surface area contributed by atoms with Gasteiger partial charge in [0.1, 0.15) is 5.69 Å². The molecule has 15 heavy (non-hydrogen) atoms. The summed E-state index contributed by atoms with van der Waals surface area (Å²) in [5.74, 6) is -0.242. The summed E-state index contributed by atoms with van der Waals surface area (Å²) in [6, 6.07) is 9.22. The number of benzene rings is 1. The van der Waals surface area contributed by atoms with E-state index in [0.29, 0.717) is 10.8 Å². The summed E-state index contributed by atoms with van der Waals surface area (Å²) in [5, 5.41) is 4.75. The number of nitrogens with two attached hydrogens (primary N) is 1. The van der Waals surface area contributed by atoms with Crippen LogP contribution in [0.1, 0.15) is 10.5 Å². The minimum Gasteiger partial charge on any atom is -0.375 e. The van der Waals surface area contributed by atoms with Crippen molar-refractivity contribution in [1.82, 2.24) is 4.98 Å². The van der Waals surface area contributed by atoms with Crippen LogP contribution in [-0.4, -0.2) is 10.9 Å². The average molecular weight is 219 g/mol. The lowest BCUT2D eigenvalue weighted by atomic mass is 10.3. The first kappa shape index (κ1) is 9.67. The molecule has 0 unspecified atom stereocenters. The maximum atomic E-state index is 11.6. The van der Waals surface area contributed by atoms with Crippen molar-refractivity contribution >= 4 is 28.1 Å². The molecule has 2 aromatic rings. The van der Waals surface area contributed by atoms with Crippen LogP contribution in [0.4, 0.5) is 10.8 Å². The summed E-state index contributed by atoms with van der Waals surface area (Å²) in [6.45, 7) is 0. The molecule has 0 spiro atoms. The lowest BCUT2D eigenvalue weighted by Gasteiger charge is -2.01. The second-order valence-corrected chi connectivity index (χ2v) is 3.78. The lowest BCUT2D eigenvalue weighted by molar-refractivity contribution is 0.102. The normalized spacial score (nSPS) is 9.87. The van der Waals surface area contributed by atoms with E-state index in [9.17, 15) is 4.79 Å². The van der Waals surface area contributed by atoms with Gasteiger partial charge >= 0.3 is 0 Å². The first-order valence-corrected chi connectivity index (χ1v) is 5.21. The van der Waals surface area contributed by atoms with Gasteiger partial charge in [0.25, 0.3) is 5.91 Å². The lowest BCUT2D eigenvalue weighted by Crippen LogP contribution is -2.12. The Balaban J connectivity index is 2.11. The van der Waals surface area contributed by atoms with Crippen molar-refractivity contribution in [1.29, 1.82) is 0 Å². The third-order valence-corrected chi connectivity index (χ3v) is 2.46. The number of rotatable bonds is 2. The molecule has 1 aromatic carbocycles. The molecule has 0 radical (unpaired) electrons. The van der Waals surface area contributed by atoms with Crippen LogP contribution in [-0.2, 0) is 0 Å². The van der Waals surface area contributed by atoms with Crippen LogP contribution in [0.5, 0.6) is 0 Å². The summed E-state index contributed by atoms with van der Waals surface area (Å²) in [4.78, 5) is 15.5. The molecule has 0 saturated heterocycles. The fraction of sp³-hybridized carbons (Fsp3) is 0. The van der Waals surface area contributed by atoms with Crippen LogP contribution < -0.4 is 11.1 Å². The summed E-state index contributed by atoms with van der Waals surface area (Å²) in [5.41, 5.74) is 6.53. The van der Waals surface area contributed by atoms with Gasteiger partial charge in [-0.3, -0.25) is 4.79 Å². The Hall–Kier alpha value is -1.88. The van der Waals surface area contributed by atoms with Crippen LogP contribution in [0.3, 0.4) is 0 Å². The van der Waals surface area contributed by atoms with Crippen LogP contribution in [0.2, 0.25) is 0 Å². The molecule has 0 aliphatic carbocycles. The Bertz CT molecular complexity index is 467. The summed E-state index contributed by atoms with van der Waals surface area (Å²) in [7, 11) is 0. The zero-order chi connectivity index (χ0) is 10.7. The predicted octanol–water partition coefficient (Wildman–Crippen LogP) is 1.98. The summed E-state index contributed by atoms with van der Waals surface area (Å²) >= 11 is 1.25. The van der Waals surface area contributed by atoms with Crippen LogP contribution in [0.25, 0.3) is 0 Å². The topological polar surface area (TPSA) is 68.0 Å². The number of amides is 1. The molecule has 2 rings (SSSR count). The summed E-state index contributed by atoms with van der Waals surface area (Å²) < 4.78 is 0. The van der Waals surface area contributed by atoms with E-state index in [1.165, 1.54) is 11.3 Å². The molecule has 76 valence electrons. The fourth-order valence-electron chi connectivity index (χ4n) is 1.11. The Kier molecular flexibility index (Phi) is 2.64. The third kappa shape index (κ3) is 2.32. The van der Waals surface area contributed by atoms with Crippen molar-refractivity contribution in [3.63, 3.8) is 0 Å². The van der Waals surface area contributed by atoms with Gasteiger partial charge < -0.3 is 11.1 Å². The number of anilines is 2. The van der Waals surface area contributed by atoms with Crippen molar-refractivity contribution in [2.45, 2.75) is 0 Å². The standard InChI is InChI=1S/C10H9N3OS/c11-10-13-8(6-15-10)9(14)12-7-4-2-1-3-5-7/h1-6H,(H2,11,13)(H,12,14). The average Bonchev–Trinajstić information content (AvgIpc) is 2.66. The molecule has 1 aromatic heterocycles. The first-order valence-electron chi connectivity index (χ1n) is 4.33. The van der Waals surface area contributed by atoms with E-state index in [-0.39, 0.29) is 5.91 Å². The van der Waals surface area contributed by atoms with Gasteiger partial charge in [-0.05, 0) is 12.1 Å². The molecule has 0 bridgehead atoms. The smallest absolute Gasteiger partial charge is 0.275 e.